The summed E-state index contributed by atoms with van der Waals surface area (Å²) < 4.78 is 5.87. The van der Waals surface area contributed by atoms with Gasteiger partial charge in [0.05, 0.1) is 6.10 Å². The number of ether oxygens (including phenoxy) is 1. The second-order valence-electron chi connectivity index (χ2n) is 7.93. The van der Waals surface area contributed by atoms with E-state index in [-0.39, 0.29) is 24.2 Å². The Bertz CT molecular complexity index is 856. The second-order valence-corrected chi connectivity index (χ2v) is 7.93. The van der Waals surface area contributed by atoms with Gasteiger partial charge in [0.25, 0.3) is 5.91 Å². The van der Waals surface area contributed by atoms with Crippen molar-refractivity contribution in [2.75, 3.05) is 32.7 Å². The molecule has 0 saturated carbocycles. The number of hydrogen-bond donors (Lipinski definition) is 3. The summed E-state index contributed by atoms with van der Waals surface area (Å²) in [6.07, 6.45) is 3.61. The van der Waals surface area contributed by atoms with E-state index in [0.717, 1.165) is 45.4 Å². The summed E-state index contributed by atoms with van der Waals surface area (Å²) in [5.74, 6) is 0.0742. The van der Waals surface area contributed by atoms with Crippen LogP contribution in [0.2, 0.25) is 0 Å². The number of aliphatic hydroxyl groups excluding tert-OH is 1. The number of nitrogens with one attached hydrogen (secondary N) is 2. The molecule has 8 heteroatoms. The van der Waals surface area contributed by atoms with Crippen LogP contribution in [-0.2, 0) is 13.0 Å². The molecule has 2 aliphatic rings. The fourth-order valence-electron chi connectivity index (χ4n) is 3.99. The van der Waals surface area contributed by atoms with E-state index in [1.54, 1.807) is 6.07 Å². The number of amides is 1. The summed E-state index contributed by atoms with van der Waals surface area (Å²) >= 11 is 0. The lowest BCUT2D eigenvalue weighted by atomic mass is 10.00. The van der Waals surface area contributed by atoms with Gasteiger partial charge in [-0.05, 0) is 43.5 Å². The number of carbonyl (C=O) groups is 1. The van der Waals surface area contributed by atoms with Crippen molar-refractivity contribution >= 4 is 5.91 Å². The molecule has 1 saturated heterocycles. The van der Waals surface area contributed by atoms with Crippen LogP contribution in [0.5, 0.6) is 5.88 Å². The fourth-order valence-corrected chi connectivity index (χ4v) is 3.99. The molecule has 0 radical (unpaired) electrons. The number of nitrogens with zero attached hydrogens (tertiary/aromatic N) is 3. The van der Waals surface area contributed by atoms with E-state index in [9.17, 15) is 9.90 Å². The highest BCUT2D eigenvalue weighted by atomic mass is 16.5. The lowest BCUT2D eigenvalue weighted by Crippen LogP contribution is -2.42. The monoisotopic (exact) mass is 411 g/mol. The molecule has 160 valence electrons. The molecule has 1 fully saturated rings. The number of aromatic nitrogens is 2. The summed E-state index contributed by atoms with van der Waals surface area (Å²) in [6, 6.07) is 9.96. The van der Waals surface area contributed by atoms with Crippen LogP contribution in [-0.4, -0.2) is 70.8 Å². The summed E-state index contributed by atoms with van der Waals surface area (Å²) in [5.41, 5.74) is 2.93. The third-order valence-electron chi connectivity index (χ3n) is 5.63. The van der Waals surface area contributed by atoms with Crippen LogP contribution >= 0.6 is 0 Å². The molecule has 8 nitrogen and oxygen atoms in total. The third-order valence-corrected chi connectivity index (χ3v) is 5.63. The van der Waals surface area contributed by atoms with Gasteiger partial charge in [0.1, 0.15) is 18.1 Å². The molecule has 3 heterocycles. The van der Waals surface area contributed by atoms with Crippen molar-refractivity contribution in [3.63, 3.8) is 0 Å². The topological polar surface area (TPSA) is 99.6 Å². The number of hydrogen-bond acceptors (Lipinski definition) is 7. The van der Waals surface area contributed by atoms with E-state index in [0.29, 0.717) is 12.4 Å². The normalized spacial score (nSPS) is 18.4. The number of carbonyl (C=O) groups excluding carboxylic acids is 1. The minimum atomic E-state index is -0.647. The molecular formula is C22H29N5O3. The van der Waals surface area contributed by atoms with Crippen molar-refractivity contribution in [3.05, 3.63) is 53.5 Å². The minimum Gasteiger partial charge on any atom is -0.474 e. The Balaban J connectivity index is 1.24. The predicted octanol–water partition coefficient (Wildman–Crippen LogP) is 0.756. The summed E-state index contributed by atoms with van der Waals surface area (Å²) in [6.45, 7) is 4.26. The standard InChI is InChI=1S/C22H29N5O3/c28-18(14-27-10-7-16-3-1-2-4-17(16)13-27)12-24-22(29)20-11-21(26-15-25-20)30-19-5-8-23-9-6-19/h1-4,11,15,18-19,23,28H,5-10,12-14H2,(H,24,29)/t18-/m0/s1. The maximum atomic E-state index is 12.5. The number of piperidine rings is 1. The molecule has 30 heavy (non-hydrogen) atoms. The Hall–Kier alpha value is -2.55. The van der Waals surface area contributed by atoms with Crippen molar-refractivity contribution in [2.24, 2.45) is 0 Å². The van der Waals surface area contributed by atoms with Gasteiger partial charge in [0, 0.05) is 32.2 Å². The molecule has 4 rings (SSSR count). The number of β-amino-alcohol motifs (C(OH)–C–C–N with tert-alkyl or cyclic N) is 1. The van der Waals surface area contributed by atoms with Gasteiger partial charge >= 0.3 is 0 Å². The zero-order valence-corrected chi connectivity index (χ0v) is 17.1. The van der Waals surface area contributed by atoms with Crippen LogP contribution in [0, 0.1) is 0 Å². The van der Waals surface area contributed by atoms with E-state index in [4.69, 9.17) is 4.74 Å². The lowest BCUT2D eigenvalue weighted by Gasteiger charge is -2.30. The van der Waals surface area contributed by atoms with Crippen LogP contribution in [0.4, 0.5) is 0 Å². The Morgan fingerprint density at radius 1 is 1.27 bits per heavy atom. The zero-order chi connectivity index (χ0) is 20.8. The molecular weight excluding hydrogens is 382 g/mol. The molecule has 2 aliphatic heterocycles. The molecule has 1 amide bonds. The maximum absolute atomic E-state index is 12.5. The molecule has 0 bridgehead atoms. The predicted molar refractivity (Wildman–Crippen MR) is 112 cm³/mol. The van der Waals surface area contributed by atoms with Crippen LogP contribution < -0.4 is 15.4 Å². The zero-order valence-electron chi connectivity index (χ0n) is 17.1. The van der Waals surface area contributed by atoms with E-state index >= 15 is 0 Å². The second kappa shape index (κ2) is 9.97. The van der Waals surface area contributed by atoms with Crippen LogP contribution in [0.1, 0.15) is 34.5 Å². The molecule has 0 spiro atoms. The van der Waals surface area contributed by atoms with E-state index in [2.05, 4.69) is 43.7 Å². The molecule has 1 atom stereocenters. The first-order chi connectivity index (χ1) is 14.7. The average Bonchev–Trinajstić information content (AvgIpc) is 2.78. The molecule has 1 aromatic carbocycles. The summed E-state index contributed by atoms with van der Waals surface area (Å²) in [5, 5.41) is 16.5. The van der Waals surface area contributed by atoms with Crippen molar-refractivity contribution < 1.29 is 14.6 Å². The first-order valence-electron chi connectivity index (χ1n) is 10.6. The van der Waals surface area contributed by atoms with Crippen LogP contribution in [0.25, 0.3) is 0 Å². The van der Waals surface area contributed by atoms with Gasteiger partial charge in [0.2, 0.25) is 5.88 Å². The van der Waals surface area contributed by atoms with Gasteiger partial charge in [-0.3, -0.25) is 9.69 Å². The highest BCUT2D eigenvalue weighted by molar-refractivity contribution is 5.92. The SMILES string of the molecule is O=C(NC[C@H](O)CN1CCc2ccccc2C1)c1cc(OC2CCNCC2)ncn1. The van der Waals surface area contributed by atoms with Gasteiger partial charge in [-0.1, -0.05) is 24.3 Å². The Morgan fingerprint density at radius 2 is 2.07 bits per heavy atom. The van der Waals surface area contributed by atoms with Gasteiger partial charge in [-0.15, -0.1) is 0 Å². The van der Waals surface area contributed by atoms with Gasteiger partial charge in [0.15, 0.2) is 0 Å². The van der Waals surface area contributed by atoms with E-state index in [1.165, 1.54) is 17.5 Å². The molecule has 3 N–H and O–H groups in total. The highest BCUT2D eigenvalue weighted by Crippen LogP contribution is 2.18. The fraction of sp³-hybridized carbons (Fsp3) is 0.500. The maximum Gasteiger partial charge on any atom is 0.270 e. The Labute approximate surface area is 176 Å². The summed E-state index contributed by atoms with van der Waals surface area (Å²) in [7, 11) is 0. The highest BCUT2D eigenvalue weighted by Gasteiger charge is 2.20. The number of fused-ring (bicyclic) bond motifs is 1. The molecule has 0 unspecified atom stereocenters. The molecule has 2 aromatic rings. The van der Waals surface area contributed by atoms with Crippen LogP contribution in [0.15, 0.2) is 36.7 Å². The van der Waals surface area contributed by atoms with Gasteiger partial charge in [-0.2, -0.15) is 0 Å². The van der Waals surface area contributed by atoms with Gasteiger partial charge in [-0.25, -0.2) is 9.97 Å². The number of aliphatic hydroxyl groups is 1. The van der Waals surface area contributed by atoms with Crippen molar-refractivity contribution in [2.45, 2.75) is 38.0 Å². The first kappa shape index (κ1) is 20.7. The van der Waals surface area contributed by atoms with Crippen molar-refractivity contribution in [3.8, 4) is 5.88 Å². The summed E-state index contributed by atoms with van der Waals surface area (Å²) in [4.78, 5) is 22.8. The van der Waals surface area contributed by atoms with E-state index < -0.39 is 6.10 Å². The van der Waals surface area contributed by atoms with Crippen molar-refractivity contribution in [1.82, 2.24) is 25.5 Å². The minimum absolute atomic E-state index is 0.105. The number of benzene rings is 1. The Morgan fingerprint density at radius 3 is 2.90 bits per heavy atom. The molecule has 1 aromatic heterocycles. The largest absolute Gasteiger partial charge is 0.474 e. The Kier molecular flexibility index (Phi) is 6.88. The van der Waals surface area contributed by atoms with Gasteiger partial charge < -0.3 is 20.5 Å². The van der Waals surface area contributed by atoms with Crippen LogP contribution in [0.3, 0.4) is 0 Å². The first-order valence-corrected chi connectivity index (χ1v) is 10.6. The van der Waals surface area contributed by atoms with Crippen molar-refractivity contribution in [1.29, 1.82) is 0 Å². The molecule has 0 aliphatic carbocycles. The number of rotatable bonds is 7. The lowest BCUT2D eigenvalue weighted by molar-refractivity contribution is 0.0836. The third kappa shape index (κ3) is 5.53. The van der Waals surface area contributed by atoms with E-state index in [1.807, 2.05) is 6.07 Å². The smallest absolute Gasteiger partial charge is 0.270 e. The average molecular weight is 412 g/mol. The quantitative estimate of drug-likeness (QED) is 0.618.